The Labute approximate surface area is 80.4 Å². The minimum atomic E-state index is 0.0956. The van der Waals surface area contributed by atoms with Crippen LogP contribution in [0.5, 0.6) is 0 Å². The van der Waals surface area contributed by atoms with E-state index in [4.69, 9.17) is 0 Å². The highest BCUT2D eigenvalue weighted by Crippen LogP contribution is 2.29. The number of halogens is 1. The van der Waals surface area contributed by atoms with Crippen LogP contribution in [0.4, 0.5) is 9.70 Å². The Bertz CT molecular complexity index is 334. The Balaban J connectivity index is 2.39. The molecule has 3 nitrogen and oxygen atoms in total. The molecular formula is C8H10FN3S. The standard InChI is InChI=1S/C8H10FN3S/c1-6-3-2-4-10-8-7(6)5-12(11-8)13-9/h5H,1-4H2,(H,10,11). The fourth-order valence-corrected chi connectivity index (χ4v) is 1.68. The van der Waals surface area contributed by atoms with Crippen molar-refractivity contribution < 1.29 is 3.89 Å². The van der Waals surface area contributed by atoms with E-state index in [9.17, 15) is 3.89 Å². The van der Waals surface area contributed by atoms with Gasteiger partial charge in [-0.2, -0.15) is 4.09 Å². The summed E-state index contributed by atoms with van der Waals surface area (Å²) in [5.41, 5.74) is 1.96. The van der Waals surface area contributed by atoms with Crippen LogP contribution in [0.2, 0.25) is 0 Å². The summed E-state index contributed by atoms with van der Waals surface area (Å²) in [5, 5.41) is 7.15. The molecule has 0 saturated heterocycles. The first kappa shape index (κ1) is 8.62. The number of allylic oxidation sites excluding steroid dienone is 1. The van der Waals surface area contributed by atoms with Crippen molar-refractivity contribution in [3.63, 3.8) is 0 Å². The maximum atomic E-state index is 12.2. The lowest BCUT2D eigenvalue weighted by Gasteiger charge is -1.96. The third-order valence-electron chi connectivity index (χ3n) is 2.09. The fourth-order valence-electron chi connectivity index (χ4n) is 1.42. The molecule has 70 valence electrons. The zero-order valence-corrected chi connectivity index (χ0v) is 7.90. The summed E-state index contributed by atoms with van der Waals surface area (Å²) in [4.78, 5) is 0. The topological polar surface area (TPSA) is 29.9 Å². The van der Waals surface area contributed by atoms with E-state index in [1.807, 2.05) is 0 Å². The van der Waals surface area contributed by atoms with Crippen LogP contribution in [0.15, 0.2) is 12.8 Å². The van der Waals surface area contributed by atoms with E-state index in [0.717, 1.165) is 36.3 Å². The molecule has 0 bridgehead atoms. The molecule has 0 spiro atoms. The number of aromatic nitrogens is 2. The first-order valence-corrected chi connectivity index (χ1v) is 4.79. The van der Waals surface area contributed by atoms with E-state index in [0.29, 0.717) is 0 Å². The number of nitrogens with one attached hydrogen (secondary N) is 1. The normalized spacial score (nSPS) is 16.2. The van der Waals surface area contributed by atoms with Gasteiger partial charge in [-0.1, -0.05) is 6.58 Å². The third-order valence-corrected chi connectivity index (χ3v) is 2.42. The molecule has 0 aromatic carbocycles. The molecule has 1 N–H and O–H groups in total. The lowest BCUT2D eigenvalue weighted by atomic mass is 10.1. The van der Waals surface area contributed by atoms with Crippen LogP contribution in [0.1, 0.15) is 18.4 Å². The van der Waals surface area contributed by atoms with E-state index in [2.05, 4.69) is 17.0 Å². The van der Waals surface area contributed by atoms with Gasteiger partial charge >= 0.3 is 0 Å². The Kier molecular flexibility index (Phi) is 2.26. The van der Waals surface area contributed by atoms with Crippen molar-refractivity contribution in [1.29, 1.82) is 0 Å². The summed E-state index contributed by atoms with van der Waals surface area (Å²) < 4.78 is 13.4. The number of fused-ring (bicyclic) bond motifs is 1. The number of hydrogen-bond donors (Lipinski definition) is 1. The van der Waals surface area contributed by atoms with Gasteiger partial charge in [-0.05, 0) is 18.4 Å². The largest absolute Gasteiger partial charge is 0.368 e. The van der Waals surface area contributed by atoms with Gasteiger partial charge in [0.05, 0.1) is 6.20 Å². The lowest BCUT2D eigenvalue weighted by molar-refractivity contribution is 0.867. The SMILES string of the molecule is C=C1CCCNc2nn(SF)cc21. The molecule has 2 heterocycles. The van der Waals surface area contributed by atoms with Gasteiger partial charge in [0.1, 0.15) is 0 Å². The van der Waals surface area contributed by atoms with Crippen LogP contribution in [0, 0.1) is 0 Å². The summed E-state index contributed by atoms with van der Waals surface area (Å²) in [7, 11) is 0. The quantitative estimate of drug-likeness (QED) is 0.753. The Morgan fingerprint density at radius 2 is 2.54 bits per heavy atom. The molecule has 1 aliphatic heterocycles. The molecule has 0 aliphatic carbocycles. The third kappa shape index (κ3) is 1.56. The van der Waals surface area contributed by atoms with E-state index < -0.39 is 0 Å². The summed E-state index contributed by atoms with van der Waals surface area (Å²) >= 11 is 0.0956. The molecule has 0 atom stereocenters. The smallest absolute Gasteiger partial charge is 0.187 e. The van der Waals surface area contributed by atoms with E-state index in [1.165, 1.54) is 4.09 Å². The highest BCUT2D eigenvalue weighted by atomic mass is 32.2. The minimum absolute atomic E-state index is 0.0956. The molecule has 2 rings (SSSR count). The second-order valence-electron chi connectivity index (χ2n) is 3.00. The molecule has 0 saturated carbocycles. The monoisotopic (exact) mass is 199 g/mol. The Hall–Kier alpha value is -0.970. The molecule has 0 fully saturated rings. The van der Waals surface area contributed by atoms with Crippen molar-refractivity contribution >= 4 is 23.7 Å². The first-order chi connectivity index (χ1) is 6.31. The Morgan fingerprint density at radius 3 is 3.31 bits per heavy atom. The fraction of sp³-hybridized carbons (Fsp3) is 0.375. The average molecular weight is 199 g/mol. The molecular weight excluding hydrogens is 189 g/mol. The second kappa shape index (κ2) is 3.41. The van der Waals surface area contributed by atoms with Crippen LogP contribution >= 0.6 is 12.3 Å². The maximum Gasteiger partial charge on any atom is 0.187 e. The predicted octanol–water partition coefficient (Wildman–Crippen LogP) is 2.48. The highest BCUT2D eigenvalue weighted by molar-refractivity contribution is 7.92. The van der Waals surface area contributed by atoms with Gasteiger partial charge in [-0.3, -0.25) is 0 Å². The van der Waals surface area contributed by atoms with Gasteiger partial charge in [-0.25, -0.2) is 0 Å². The molecule has 1 aliphatic rings. The van der Waals surface area contributed by atoms with Crippen molar-refractivity contribution in [1.82, 2.24) is 9.19 Å². The molecule has 0 unspecified atom stereocenters. The Morgan fingerprint density at radius 1 is 1.69 bits per heavy atom. The zero-order valence-electron chi connectivity index (χ0n) is 7.09. The van der Waals surface area contributed by atoms with Gasteiger partial charge in [-0.15, -0.1) is 8.98 Å². The van der Waals surface area contributed by atoms with Gasteiger partial charge in [0.2, 0.25) is 0 Å². The summed E-state index contributed by atoms with van der Waals surface area (Å²) in [6, 6.07) is 0. The van der Waals surface area contributed by atoms with E-state index in [1.54, 1.807) is 6.20 Å². The van der Waals surface area contributed by atoms with Crippen LogP contribution < -0.4 is 5.32 Å². The average Bonchev–Trinajstić information content (AvgIpc) is 2.48. The van der Waals surface area contributed by atoms with Crippen LogP contribution in [-0.2, 0) is 0 Å². The zero-order chi connectivity index (χ0) is 9.26. The van der Waals surface area contributed by atoms with Crippen molar-refractivity contribution in [2.45, 2.75) is 12.8 Å². The molecule has 0 amide bonds. The number of rotatable bonds is 1. The predicted molar refractivity (Wildman–Crippen MR) is 53.1 cm³/mol. The number of nitrogens with zero attached hydrogens (tertiary/aromatic N) is 2. The summed E-state index contributed by atoms with van der Waals surface area (Å²) in [5.74, 6) is 0.743. The second-order valence-corrected chi connectivity index (χ2v) is 3.51. The summed E-state index contributed by atoms with van der Waals surface area (Å²) in [6.07, 6.45) is 3.67. The van der Waals surface area contributed by atoms with Gasteiger partial charge in [0, 0.05) is 12.1 Å². The number of hydrogen-bond acceptors (Lipinski definition) is 3. The molecule has 1 aromatic heterocycles. The lowest BCUT2D eigenvalue weighted by Crippen LogP contribution is -2.00. The molecule has 1 aromatic rings. The highest BCUT2D eigenvalue weighted by Gasteiger charge is 2.14. The van der Waals surface area contributed by atoms with Crippen molar-refractivity contribution in [3.05, 3.63) is 18.3 Å². The number of anilines is 1. The molecule has 13 heavy (non-hydrogen) atoms. The van der Waals surface area contributed by atoms with Crippen LogP contribution in [0.3, 0.4) is 0 Å². The van der Waals surface area contributed by atoms with Crippen molar-refractivity contribution in [2.24, 2.45) is 0 Å². The molecule has 0 radical (unpaired) electrons. The van der Waals surface area contributed by atoms with Crippen molar-refractivity contribution in [2.75, 3.05) is 11.9 Å². The first-order valence-electron chi connectivity index (χ1n) is 4.12. The summed E-state index contributed by atoms with van der Waals surface area (Å²) in [6.45, 7) is 4.81. The van der Waals surface area contributed by atoms with Crippen LogP contribution in [0.25, 0.3) is 5.57 Å². The van der Waals surface area contributed by atoms with Gasteiger partial charge < -0.3 is 5.32 Å². The van der Waals surface area contributed by atoms with Gasteiger partial charge in [0.25, 0.3) is 0 Å². The van der Waals surface area contributed by atoms with Crippen LogP contribution in [-0.4, -0.2) is 15.7 Å². The van der Waals surface area contributed by atoms with Crippen molar-refractivity contribution in [3.8, 4) is 0 Å². The minimum Gasteiger partial charge on any atom is -0.368 e. The van der Waals surface area contributed by atoms with E-state index in [-0.39, 0.29) is 12.3 Å². The van der Waals surface area contributed by atoms with E-state index >= 15 is 0 Å². The van der Waals surface area contributed by atoms with Gasteiger partial charge in [0.15, 0.2) is 18.2 Å². The molecule has 5 heteroatoms. The maximum absolute atomic E-state index is 12.2.